The van der Waals surface area contributed by atoms with E-state index < -0.39 is 10.9 Å². The van der Waals surface area contributed by atoms with Gasteiger partial charge in [0.15, 0.2) is 0 Å². The normalized spacial score (nSPS) is 28.4. The van der Waals surface area contributed by atoms with E-state index in [0.717, 1.165) is 10.5 Å². The third kappa shape index (κ3) is 2.23. The molecule has 1 aromatic rings. The number of hydrogen-bond acceptors (Lipinski definition) is 4. The molecule has 0 bridgehead atoms. The molecule has 2 unspecified atom stereocenters. The van der Waals surface area contributed by atoms with E-state index in [2.05, 4.69) is 0 Å². The Balaban J connectivity index is 1.93. The van der Waals surface area contributed by atoms with Crippen LogP contribution in [0.1, 0.15) is 29.3 Å². The van der Waals surface area contributed by atoms with E-state index in [4.69, 9.17) is 9.47 Å². The van der Waals surface area contributed by atoms with Crippen LogP contribution in [0.3, 0.4) is 0 Å². The Kier molecular flexibility index (Phi) is 3.73. The molecule has 5 heteroatoms. The standard InChI is InChI=1S/C15H17FO3S/c1-2-19-14(17)10-4-3-5-12-11(10)8-15(20-12)6-7-18-9-13(15)16/h3-5,13H,2,6-9H2,1H3. The number of halogens is 1. The third-order valence-corrected chi connectivity index (χ3v) is 5.54. The second kappa shape index (κ2) is 5.37. The molecular weight excluding hydrogens is 279 g/mol. The molecule has 2 aliphatic rings. The maximum absolute atomic E-state index is 14.3. The number of alkyl halides is 1. The molecule has 2 heterocycles. The molecular formula is C15H17FO3S. The first-order valence-corrected chi connectivity index (χ1v) is 7.68. The Morgan fingerprint density at radius 3 is 3.20 bits per heavy atom. The van der Waals surface area contributed by atoms with Crippen LogP contribution in [-0.2, 0) is 15.9 Å². The lowest BCUT2D eigenvalue weighted by Crippen LogP contribution is -2.44. The van der Waals surface area contributed by atoms with Gasteiger partial charge in [-0.25, -0.2) is 9.18 Å². The highest BCUT2D eigenvalue weighted by Crippen LogP contribution is 2.52. The number of hydrogen-bond donors (Lipinski definition) is 0. The summed E-state index contributed by atoms with van der Waals surface area (Å²) in [5.41, 5.74) is 1.51. The molecule has 2 aliphatic heterocycles. The molecule has 3 rings (SSSR count). The number of carbonyl (C=O) groups is 1. The minimum Gasteiger partial charge on any atom is -0.462 e. The van der Waals surface area contributed by atoms with Crippen molar-refractivity contribution < 1.29 is 18.7 Å². The first kappa shape index (κ1) is 13.9. The van der Waals surface area contributed by atoms with Crippen molar-refractivity contribution in [2.75, 3.05) is 19.8 Å². The van der Waals surface area contributed by atoms with Gasteiger partial charge >= 0.3 is 5.97 Å². The first-order chi connectivity index (χ1) is 9.66. The van der Waals surface area contributed by atoms with Crippen molar-refractivity contribution in [1.29, 1.82) is 0 Å². The van der Waals surface area contributed by atoms with Gasteiger partial charge in [0.05, 0.1) is 23.5 Å². The molecule has 0 N–H and O–H groups in total. The molecule has 0 aliphatic carbocycles. The van der Waals surface area contributed by atoms with Crippen molar-refractivity contribution >= 4 is 17.7 Å². The maximum Gasteiger partial charge on any atom is 0.338 e. The fraction of sp³-hybridized carbons (Fsp3) is 0.533. The summed E-state index contributed by atoms with van der Waals surface area (Å²) in [6.07, 6.45) is 0.256. The van der Waals surface area contributed by atoms with Gasteiger partial charge in [0.1, 0.15) is 6.17 Å². The fourth-order valence-electron chi connectivity index (χ4n) is 2.85. The van der Waals surface area contributed by atoms with Gasteiger partial charge in [0.2, 0.25) is 0 Å². The minimum absolute atomic E-state index is 0.149. The van der Waals surface area contributed by atoms with E-state index in [0.29, 0.717) is 31.6 Å². The third-order valence-electron chi connectivity index (χ3n) is 3.92. The van der Waals surface area contributed by atoms with Crippen molar-refractivity contribution in [2.24, 2.45) is 0 Å². The number of carbonyl (C=O) groups excluding carboxylic acids is 1. The number of rotatable bonds is 2. The van der Waals surface area contributed by atoms with Crippen LogP contribution in [0.2, 0.25) is 0 Å². The van der Waals surface area contributed by atoms with Crippen LogP contribution in [0.15, 0.2) is 23.1 Å². The second-order valence-electron chi connectivity index (χ2n) is 5.14. The summed E-state index contributed by atoms with van der Waals surface area (Å²) in [6.45, 7) is 2.86. The molecule has 2 atom stereocenters. The Morgan fingerprint density at radius 1 is 1.60 bits per heavy atom. The molecule has 20 heavy (non-hydrogen) atoms. The van der Waals surface area contributed by atoms with E-state index in [1.54, 1.807) is 24.8 Å². The first-order valence-electron chi connectivity index (χ1n) is 6.86. The zero-order valence-corrected chi connectivity index (χ0v) is 12.2. The summed E-state index contributed by atoms with van der Waals surface area (Å²) in [4.78, 5) is 13.0. The van der Waals surface area contributed by atoms with Crippen LogP contribution >= 0.6 is 11.8 Å². The lowest BCUT2D eigenvalue weighted by Gasteiger charge is -2.35. The Bertz CT molecular complexity index is 534. The van der Waals surface area contributed by atoms with Crippen LogP contribution in [0.25, 0.3) is 0 Å². The zero-order chi connectivity index (χ0) is 14.2. The Labute approximate surface area is 121 Å². The van der Waals surface area contributed by atoms with Gasteiger partial charge in [-0.2, -0.15) is 0 Å². The monoisotopic (exact) mass is 296 g/mol. The van der Waals surface area contributed by atoms with Crippen molar-refractivity contribution in [3.63, 3.8) is 0 Å². The number of thioether (sulfide) groups is 1. The average Bonchev–Trinajstić information content (AvgIpc) is 2.81. The zero-order valence-electron chi connectivity index (χ0n) is 11.4. The number of fused-ring (bicyclic) bond motifs is 1. The lowest BCUT2D eigenvalue weighted by molar-refractivity contribution is 0.0132. The van der Waals surface area contributed by atoms with Crippen LogP contribution in [0.4, 0.5) is 4.39 Å². The largest absolute Gasteiger partial charge is 0.462 e. The van der Waals surface area contributed by atoms with E-state index >= 15 is 0 Å². The van der Waals surface area contributed by atoms with Crippen LogP contribution in [-0.4, -0.2) is 36.7 Å². The number of benzene rings is 1. The maximum atomic E-state index is 14.3. The molecule has 1 fully saturated rings. The molecule has 1 aromatic carbocycles. The number of ether oxygens (including phenoxy) is 2. The summed E-state index contributed by atoms with van der Waals surface area (Å²) in [7, 11) is 0. The second-order valence-corrected chi connectivity index (χ2v) is 6.60. The SMILES string of the molecule is CCOC(=O)c1cccc2c1CC1(CCOCC1F)S2. The van der Waals surface area contributed by atoms with Gasteiger partial charge in [-0.05, 0) is 37.5 Å². The van der Waals surface area contributed by atoms with E-state index in [9.17, 15) is 9.18 Å². The molecule has 1 spiro atoms. The van der Waals surface area contributed by atoms with Gasteiger partial charge in [0, 0.05) is 11.5 Å². The molecule has 1 saturated heterocycles. The molecule has 0 amide bonds. The van der Waals surface area contributed by atoms with Crippen molar-refractivity contribution in [2.45, 2.75) is 35.6 Å². The smallest absolute Gasteiger partial charge is 0.338 e. The van der Waals surface area contributed by atoms with E-state index in [-0.39, 0.29) is 12.6 Å². The van der Waals surface area contributed by atoms with Crippen LogP contribution < -0.4 is 0 Å². The highest BCUT2D eigenvalue weighted by Gasteiger charge is 2.48. The quantitative estimate of drug-likeness (QED) is 0.786. The summed E-state index contributed by atoms with van der Waals surface area (Å²) in [6, 6.07) is 5.56. The van der Waals surface area contributed by atoms with Crippen LogP contribution in [0.5, 0.6) is 0 Å². The van der Waals surface area contributed by atoms with Crippen molar-refractivity contribution in [1.82, 2.24) is 0 Å². The van der Waals surface area contributed by atoms with E-state index in [1.165, 1.54) is 0 Å². The Morgan fingerprint density at radius 2 is 2.45 bits per heavy atom. The number of esters is 1. The highest BCUT2D eigenvalue weighted by atomic mass is 32.2. The van der Waals surface area contributed by atoms with Gasteiger partial charge < -0.3 is 9.47 Å². The van der Waals surface area contributed by atoms with Gasteiger partial charge in [-0.1, -0.05) is 6.07 Å². The molecule has 0 saturated carbocycles. The van der Waals surface area contributed by atoms with Gasteiger partial charge in [-0.15, -0.1) is 11.8 Å². The molecule has 0 aromatic heterocycles. The summed E-state index contributed by atoms with van der Waals surface area (Å²) in [5.74, 6) is -0.315. The Hall–Kier alpha value is -1.07. The predicted molar refractivity (Wildman–Crippen MR) is 75.0 cm³/mol. The van der Waals surface area contributed by atoms with Gasteiger partial charge in [0.25, 0.3) is 0 Å². The summed E-state index contributed by atoms with van der Waals surface area (Å²) in [5, 5.41) is 0. The highest BCUT2D eigenvalue weighted by molar-refractivity contribution is 8.01. The minimum atomic E-state index is -0.997. The molecule has 108 valence electrons. The lowest BCUT2D eigenvalue weighted by atomic mass is 9.88. The molecule has 3 nitrogen and oxygen atoms in total. The fourth-order valence-corrected chi connectivity index (χ4v) is 4.34. The average molecular weight is 296 g/mol. The topological polar surface area (TPSA) is 35.5 Å². The molecule has 0 radical (unpaired) electrons. The van der Waals surface area contributed by atoms with Crippen LogP contribution in [0, 0.1) is 0 Å². The van der Waals surface area contributed by atoms with Crippen molar-refractivity contribution in [3.05, 3.63) is 29.3 Å². The van der Waals surface area contributed by atoms with Gasteiger partial charge in [-0.3, -0.25) is 0 Å². The summed E-state index contributed by atoms with van der Waals surface area (Å²) < 4.78 is 24.2. The van der Waals surface area contributed by atoms with E-state index in [1.807, 2.05) is 12.1 Å². The van der Waals surface area contributed by atoms with Crippen molar-refractivity contribution in [3.8, 4) is 0 Å². The summed E-state index contributed by atoms with van der Waals surface area (Å²) >= 11 is 1.55. The predicted octanol–water partition coefficient (Wildman–Crippen LogP) is 3.01.